The number of anilines is 2. The summed E-state index contributed by atoms with van der Waals surface area (Å²) in [6, 6.07) is 15.2. The van der Waals surface area contributed by atoms with Gasteiger partial charge in [-0.2, -0.15) is 0 Å². The number of carbonyl (C=O) groups excluding carboxylic acids is 1. The second-order valence-corrected chi connectivity index (χ2v) is 8.93. The summed E-state index contributed by atoms with van der Waals surface area (Å²) in [6.45, 7) is 2.54. The molecule has 7 nitrogen and oxygen atoms in total. The quantitative estimate of drug-likeness (QED) is 0.405. The summed E-state index contributed by atoms with van der Waals surface area (Å²) in [6.07, 6.45) is 2.05. The zero-order valence-corrected chi connectivity index (χ0v) is 19.7. The van der Waals surface area contributed by atoms with Gasteiger partial charge in [0.25, 0.3) is 0 Å². The molecule has 0 saturated carbocycles. The maximum atomic E-state index is 12.8. The molecule has 4 aromatic rings. The van der Waals surface area contributed by atoms with Gasteiger partial charge in [0, 0.05) is 41.9 Å². The summed E-state index contributed by atoms with van der Waals surface area (Å²) in [5.41, 5.74) is 3.60. The molecule has 9 heteroatoms. The Labute approximate surface area is 198 Å². The highest BCUT2D eigenvalue weighted by Gasteiger charge is 2.24. The molecule has 2 aromatic carbocycles. The Morgan fingerprint density at radius 2 is 1.91 bits per heavy atom. The molecule has 0 aliphatic carbocycles. The summed E-state index contributed by atoms with van der Waals surface area (Å²) < 4.78 is 8.48. The van der Waals surface area contributed by atoms with E-state index in [1.165, 1.54) is 0 Å². The first-order valence-electron chi connectivity index (χ1n) is 10.2. The van der Waals surface area contributed by atoms with Crippen molar-refractivity contribution >= 4 is 61.6 Å². The molecular weight excluding hydrogens is 494 g/mol. The Morgan fingerprint density at radius 3 is 2.69 bits per heavy atom. The van der Waals surface area contributed by atoms with Crippen LogP contribution in [-0.2, 0) is 0 Å². The maximum absolute atomic E-state index is 12.8. The number of piperazine rings is 1. The number of nitrogens with zero attached hydrogens (tertiary/aromatic N) is 4. The van der Waals surface area contributed by atoms with Crippen molar-refractivity contribution in [2.24, 2.45) is 0 Å². The number of methoxy groups -OCH3 is 1. The number of urea groups is 1. The SMILES string of the molecule is COc1ccc(Cl)cc1NC(=O)N1CCN(c2nc3cc(Br)ccc3n3cccc23)CC1. The van der Waals surface area contributed by atoms with Gasteiger partial charge in [-0.25, -0.2) is 9.78 Å². The van der Waals surface area contributed by atoms with Crippen LogP contribution in [0.5, 0.6) is 5.75 Å². The van der Waals surface area contributed by atoms with Gasteiger partial charge >= 0.3 is 6.03 Å². The van der Waals surface area contributed by atoms with Gasteiger partial charge in [0.1, 0.15) is 5.75 Å². The average Bonchev–Trinajstić information content (AvgIpc) is 3.29. The molecule has 32 heavy (non-hydrogen) atoms. The number of benzene rings is 2. The van der Waals surface area contributed by atoms with Crippen molar-refractivity contribution < 1.29 is 9.53 Å². The number of amides is 2. The predicted molar refractivity (Wildman–Crippen MR) is 131 cm³/mol. The van der Waals surface area contributed by atoms with Gasteiger partial charge in [0.05, 0.1) is 29.3 Å². The molecule has 164 valence electrons. The normalized spacial score (nSPS) is 14.2. The topological polar surface area (TPSA) is 62.1 Å². The molecule has 1 N–H and O–H groups in total. The number of hydrogen-bond donors (Lipinski definition) is 1. The summed E-state index contributed by atoms with van der Waals surface area (Å²) in [5, 5.41) is 3.45. The standard InChI is InChI=1S/C23H21BrClN5O2/c1-32-21-7-5-16(25)14-18(21)27-23(31)29-11-9-28(10-12-29)22-20-3-2-8-30(20)19-6-4-15(24)13-17(19)26-22/h2-8,13-14H,9-12H2,1H3,(H,27,31). The third kappa shape index (κ3) is 3.84. The van der Waals surface area contributed by atoms with Crippen LogP contribution < -0.4 is 15.0 Å². The second kappa shape index (κ2) is 8.52. The minimum Gasteiger partial charge on any atom is -0.495 e. The number of hydrogen-bond acceptors (Lipinski definition) is 4. The average molecular weight is 515 g/mol. The van der Waals surface area contributed by atoms with Crippen LogP contribution in [-0.4, -0.2) is 53.6 Å². The molecule has 0 bridgehead atoms. The van der Waals surface area contributed by atoms with E-state index in [0.717, 1.165) is 26.8 Å². The third-order valence-corrected chi connectivity index (χ3v) is 6.40. The fraction of sp³-hybridized carbons (Fsp3) is 0.217. The van der Waals surface area contributed by atoms with Gasteiger partial charge in [-0.05, 0) is 48.5 Å². The Hall–Kier alpha value is -2.97. The highest BCUT2D eigenvalue weighted by molar-refractivity contribution is 9.10. The second-order valence-electron chi connectivity index (χ2n) is 7.58. The first-order valence-corrected chi connectivity index (χ1v) is 11.4. The van der Waals surface area contributed by atoms with Crippen LogP contribution in [0.3, 0.4) is 0 Å². The van der Waals surface area contributed by atoms with Crippen molar-refractivity contribution in [3.05, 3.63) is 64.2 Å². The van der Waals surface area contributed by atoms with Gasteiger partial charge in [-0.3, -0.25) is 0 Å². The highest BCUT2D eigenvalue weighted by Crippen LogP contribution is 2.29. The molecule has 2 aromatic heterocycles. The number of nitrogens with one attached hydrogen (secondary N) is 1. The largest absolute Gasteiger partial charge is 0.495 e. The van der Waals surface area contributed by atoms with E-state index in [2.05, 4.69) is 48.9 Å². The third-order valence-electron chi connectivity index (χ3n) is 5.67. The van der Waals surface area contributed by atoms with Crippen LogP contribution >= 0.6 is 27.5 Å². The Balaban J connectivity index is 1.35. The molecule has 1 fully saturated rings. The van der Waals surface area contributed by atoms with Gasteiger partial charge < -0.3 is 24.3 Å². The molecule has 1 saturated heterocycles. The smallest absolute Gasteiger partial charge is 0.322 e. The van der Waals surface area contributed by atoms with Gasteiger partial charge in [-0.1, -0.05) is 27.5 Å². The molecule has 0 radical (unpaired) electrons. The highest BCUT2D eigenvalue weighted by atomic mass is 79.9. The van der Waals surface area contributed by atoms with E-state index in [4.69, 9.17) is 21.3 Å². The van der Waals surface area contributed by atoms with Crippen molar-refractivity contribution in [3.63, 3.8) is 0 Å². The van der Waals surface area contributed by atoms with Crippen molar-refractivity contribution in [1.82, 2.24) is 14.3 Å². The van der Waals surface area contributed by atoms with Crippen molar-refractivity contribution in [1.29, 1.82) is 0 Å². The molecule has 3 heterocycles. The van der Waals surface area contributed by atoms with Gasteiger partial charge in [-0.15, -0.1) is 0 Å². The Bertz CT molecular complexity index is 1320. The molecular formula is C23H21BrClN5O2. The Kier molecular flexibility index (Phi) is 5.57. The van der Waals surface area contributed by atoms with Crippen LogP contribution in [0.1, 0.15) is 0 Å². The predicted octanol–water partition coefficient (Wildman–Crippen LogP) is 5.27. The number of rotatable bonds is 3. The minimum atomic E-state index is -0.173. The van der Waals surface area contributed by atoms with Gasteiger partial charge in [0.15, 0.2) is 5.82 Å². The fourth-order valence-electron chi connectivity index (χ4n) is 4.06. The number of carbonyl (C=O) groups is 1. The molecule has 0 spiro atoms. The van der Waals surface area contributed by atoms with Crippen LogP contribution in [0.2, 0.25) is 5.02 Å². The molecule has 0 unspecified atom stereocenters. The van der Waals surface area contributed by atoms with Crippen LogP contribution in [0.25, 0.3) is 16.6 Å². The first-order chi connectivity index (χ1) is 15.5. The van der Waals surface area contributed by atoms with E-state index >= 15 is 0 Å². The maximum Gasteiger partial charge on any atom is 0.322 e. The molecule has 1 aliphatic rings. The van der Waals surface area contributed by atoms with E-state index in [9.17, 15) is 4.79 Å². The lowest BCUT2D eigenvalue weighted by Gasteiger charge is -2.35. The molecule has 0 atom stereocenters. The molecule has 1 aliphatic heterocycles. The van der Waals surface area contributed by atoms with Crippen molar-refractivity contribution in [3.8, 4) is 5.75 Å². The summed E-state index contributed by atoms with van der Waals surface area (Å²) in [7, 11) is 1.56. The van der Waals surface area contributed by atoms with Crippen LogP contribution in [0, 0.1) is 0 Å². The number of aromatic nitrogens is 2. The number of ether oxygens (including phenoxy) is 1. The van der Waals surface area contributed by atoms with Crippen LogP contribution in [0.4, 0.5) is 16.3 Å². The summed E-state index contributed by atoms with van der Waals surface area (Å²) in [5.74, 6) is 1.50. The van der Waals surface area contributed by atoms with Gasteiger partial charge in [0.2, 0.25) is 0 Å². The van der Waals surface area contributed by atoms with Crippen molar-refractivity contribution in [2.45, 2.75) is 0 Å². The molecule has 5 rings (SSSR count). The first kappa shape index (κ1) is 20.9. The van der Waals surface area contributed by atoms with E-state index in [1.54, 1.807) is 30.2 Å². The lowest BCUT2D eigenvalue weighted by Crippen LogP contribution is -2.50. The Morgan fingerprint density at radius 1 is 1.09 bits per heavy atom. The van der Waals surface area contributed by atoms with Crippen molar-refractivity contribution in [2.75, 3.05) is 43.5 Å². The molecule has 2 amide bonds. The zero-order valence-electron chi connectivity index (χ0n) is 17.4. The van der Waals surface area contributed by atoms with E-state index in [1.807, 2.05) is 18.2 Å². The minimum absolute atomic E-state index is 0.173. The number of fused-ring (bicyclic) bond motifs is 3. The van der Waals surface area contributed by atoms with E-state index < -0.39 is 0 Å². The monoisotopic (exact) mass is 513 g/mol. The lowest BCUT2D eigenvalue weighted by atomic mass is 10.2. The van der Waals surface area contributed by atoms with E-state index in [-0.39, 0.29) is 6.03 Å². The van der Waals surface area contributed by atoms with E-state index in [0.29, 0.717) is 42.6 Å². The van der Waals surface area contributed by atoms with Crippen LogP contribution in [0.15, 0.2) is 59.2 Å². The summed E-state index contributed by atoms with van der Waals surface area (Å²) >= 11 is 9.62. The lowest BCUT2D eigenvalue weighted by molar-refractivity contribution is 0.208. The number of halogens is 2. The fourth-order valence-corrected chi connectivity index (χ4v) is 4.58. The zero-order chi connectivity index (χ0) is 22.2. The summed E-state index contributed by atoms with van der Waals surface area (Å²) in [4.78, 5) is 21.8.